The lowest BCUT2D eigenvalue weighted by Crippen LogP contribution is -2.24. The second kappa shape index (κ2) is 1.69. The molecule has 1 rings (SSSR count). The Hall–Kier alpha value is -1.26. The molecule has 8 heavy (non-hydrogen) atoms. The van der Waals surface area contributed by atoms with Gasteiger partial charge in [0.05, 0.1) is 5.17 Å². The second-order valence-corrected chi connectivity index (χ2v) is 1.18. The van der Waals surface area contributed by atoms with E-state index in [9.17, 15) is 10.1 Å². The molecule has 0 saturated carbocycles. The molecule has 0 N–H and O–H groups in total. The van der Waals surface area contributed by atoms with E-state index in [1.165, 1.54) is 0 Å². The van der Waals surface area contributed by atoms with E-state index >= 15 is 0 Å². The van der Waals surface area contributed by atoms with Gasteiger partial charge < -0.3 is 4.84 Å². The average molecular weight is 115 g/mol. The lowest BCUT2D eigenvalue weighted by atomic mass is 10.7. The number of hydroxylamine groups is 1. The van der Waals surface area contributed by atoms with E-state index in [2.05, 4.69) is 10.9 Å². The standard InChI is InChI=1S/C3H3N2O3/c6-5(7)4-2-1-3-8-4/h3H,2H2. The van der Waals surface area contributed by atoms with E-state index in [0.29, 0.717) is 5.17 Å². The highest BCUT2D eigenvalue weighted by molar-refractivity contribution is 4.67. The third-order valence-electron chi connectivity index (χ3n) is 0.666. The molecule has 0 bridgehead atoms. The van der Waals surface area contributed by atoms with E-state index in [1.54, 1.807) is 0 Å². The molecular weight excluding hydrogens is 112 g/mol. The second-order valence-electron chi connectivity index (χ2n) is 1.18. The predicted molar refractivity (Wildman–Crippen MR) is 22.6 cm³/mol. The predicted octanol–water partition coefficient (Wildman–Crippen LogP) is -0.258. The molecule has 0 amide bonds. The Bertz CT molecular complexity index is 124. The summed E-state index contributed by atoms with van der Waals surface area (Å²) in [4.78, 5) is 14.1. The van der Waals surface area contributed by atoms with Crippen LogP contribution >= 0.6 is 0 Å². The highest BCUT2D eigenvalue weighted by Crippen LogP contribution is 1.97. The summed E-state index contributed by atoms with van der Waals surface area (Å²) in [7, 11) is 0. The SMILES string of the molecule is O=[N+]([O-])N1C[C]=CO1. The van der Waals surface area contributed by atoms with Crippen molar-refractivity contribution >= 4 is 0 Å². The molecule has 5 nitrogen and oxygen atoms in total. The first kappa shape index (κ1) is 4.89. The van der Waals surface area contributed by atoms with E-state index in [4.69, 9.17) is 0 Å². The van der Waals surface area contributed by atoms with Gasteiger partial charge in [0.15, 0.2) is 5.03 Å². The molecule has 0 aromatic carbocycles. The first-order chi connectivity index (χ1) is 3.80. The van der Waals surface area contributed by atoms with E-state index in [1.807, 2.05) is 0 Å². The Kier molecular flexibility index (Phi) is 1.03. The molecule has 1 aliphatic heterocycles. The van der Waals surface area contributed by atoms with Crippen LogP contribution in [0.2, 0.25) is 0 Å². The maximum absolute atomic E-state index is 9.75. The molecule has 0 atom stereocenters. The number of nitro groups is 1. The Labute approximate surface area is 45.2 Å². The Morgan fingerprint density at radius 2 is 2.75 bits per heavy atom. The summed E-state index contributed by atoms with van der Waals surface area (Å²) in [5.74, 6) is 0. The summed E-state index contributed by atoms with van der Waals surface area (Å²) in [6, 6.07) is 0. The highest BCUT2D eigenvalue weighted by Gasteiger charge is 2.16. The summed E-state index contributed by atoms with van der Waals surface area (Å²) >= 11 is 0. The molecule has 43 valence electrons. The van der Waals surface area contributed by atoms with Gasteiger partial charge in [0.1, 0.15) is 12.8 Å². The number of rotatable bonds is 1. The van der Waals surface area contributed by atoms with Gasteiger partial charge in [0.2, 0.25) is 0 Å². The highest BCUT2D eigenvalue weighted by atomic mass is 16.8. The zero-order valence-electron chi connectivity index (χ0n) is 3.90. The zero-order valence-corrected chi connectivity index (χ0v) is 3.90. The number of hydrogen-bond donors (Lipinski definition) is 0. The van der Waals surface area contributed by atoms with Crippen molar-refractivity contribution in [3.8, 4) is 0 Å². The Balaban J connectivity index is 2.41. The summed E-state index contributed by atoms with van der Waals surface area (Å²) in [6.07, 6.45) is 3.65. The van der Waals surface area contributed by atoms with Gasteiger partial charge in [-0.2, -0.15) is 0 Å². The fourth-order valence-electron chi connectivity index (χ4n) is 0.347. The van der Waals surface area contributed by atoms with Crippen molar-refractivity contribution < 1.29 is 9.87 Å². The van der Waals surface area contributed by atoms with Gasteiger partial charge >= 0.3 is 0 Å². The topological polar surface area (TPSA) is 55.6 Å². The van der Waals surface area contributed by atoms with Crippen LogP contribution in [0.15, 0.2) is 6.26 Å². The summed E-state index contributed by atoms with van der Waals surface area (Å²) in [6.45, 7) is 0.104. The normalized spacial score (nSPS) is 16.2. The summed E-state index contributed by atoms with van der Waals surface area (Å²) in [5.41, 5.74) is 0. The number of hydrogen-bond acceptors (Lipinski definition) is 3. The van der Waals surface area contributed by atoms with Gasteiger partial charge in [-0.25, -0.2) is 10.1 Å². The zero-order chi connectivity index (χ0) is 5.98. The quantitative estimate of drug-likeness (QED) is 0.349. The smallest absolute Gasteiger partial charge is 0.197 e. The molecule has 1 radical (unpaired) electrons. The summed E-state index contributed by atoms with van der Waals surface area (Å²) < 4.78 is 0. The first-order valence-corrected chi connectivity index (χ1v) is 1.94. The number of hydrazine groups is 1. The minimum Gasteiger partial charge on any atom is -0.336 e. The Morgan fingerprint density at radius 3 is 3.00 bits per heavy atom. The molecule has 0 fully saturated rings. The van der Waals surface area contributed by atoms with Gasteiger partial charge in [-0.05, 0) is 0 Å². The van der Waals surface area contributed by atoms with Gasteiger partial charge in [-0.15, -0.1) is 0 Å². The first-order valence-electron chi connectivity index (χ1n) is 1.94. The van der Waals surface area contributed by atoms with Gasteiger partial charge in [0, 0.05) is 6.08 Å². The molecule has 0 saturated heterocycles. The van der Waals surface area contributed by atoms with Crippen LogP contribution in [0.5, 0.6) is 0 Å². The van der Waals surface area contributed by atoms with Crippen LogP contribution in [-0.2, 0) is 4.84 Å². The van der Waals surface area contributed by atoms with E-state index in [-0.39, 0.29) is 6.54 Å². The van der Waals surface area contributed by atoms with Crippen LogP contribution in [-0.4, -0.2) is 16.7 Å². The molecule has 0 spiro atoms. The third kappa shape index (κ3) is 0.699. The molecule has 0 aromatic rings. The van der Waals surface area contributed by atoms with Crippen molar-refractivity contribution in [1.82, 2.24) is 5.17 Å². The van der Waals surface area contributed by atoms with Gasteiger partial charge in [0.25, 0.3) is 0 Å². The molecular formula is C3H3N2O3. The molecule has 0 unspecified atom stereocenters. The third-order valence-corrected chi connectivity index (χ3v) is 0.666. The number of nitrogens with zero attached hydrogens (tertiary/aromatic N) is 2. The molecule has 5 heteroatoms. The summed E-state index contributed by atoms with van der Waals surface area (Å²) in [5, 5.41) is 9.69. The lowest BCUT2D eigenvalue weighted by molar-refractivity contribution is -0.721. The fourth-order valence-corrected chi connectivity index (χ4v) is 0.347. The molecule has 0 aliphatic carbocycles. The van der Waals surface area contributed by atoms with Crippen molar-refractivity contribution in [1.29, 1.82) is 0 Å². The maximum Gasteiger partial charge on any atom is 0.197 e. The average Bonchev–Trinajstić information content (AvgIpc) is 2.12. The minimum atomic E-state index is -0.642. The van der Waals surface area contributed by atoms with Crippen LogP contribution in [0, 0.1) is 16.2 Å². The van der Waals surface area contributed by atoms with Gasteiger partial charge in [-0.3, -0.25) is 0 Å². The molecule has 1 heterocycles. The monoisotopic (exact) mass is 115 g/mol. The van der Waals surface area contributed by atoms with Crippen molar-refractivity contribution in [2.45, 2.75) is 0 Å². The largest absolute Gasteiger partial charge is 0.336 e. The van der Waals surface area contributed by atoms with Crippen molar-refractivity contribution in [3.05, 3.63) is 22.5 Å². The van der Waals surface area contributed by atoms with Crippen molar-refractivity contribution in [2.75, 3.05) is 6.54 Å². The Morgan fingerprint density at radius 1 is 2.00 bits per heavy atom. The maximum atomic E-state index is 9.75. The van der Waals surface area contributed by atoms with Crippen LogP contribution in [0.1, 0.15) is 0 Å². The van der Waals surface area contributed by atoms with E-state index < -0.39 is 5.03 Å². The fraction of sp³-hybridized carbons (Fsp3) is 0.333. The molecule has 0 aromatic heterocycles. The molecule has 1 aliphatic rings. The van der Waals surface area contributed by atoms with Crippen LogP contribution in [0.25, 0.3) is 0 Å². The van der Waals surface area contributed by atoms with Crippen molar-refractivity contribution in [3.63, 3.8) is 0 Å². The van der Waals surface area contributed by atoms with Crippen molar-refractivity contribution in [2.24, 2.45) is 0 Å². The lowest BCUT2D eigenvalue weighted by Gasteiger charge is -2.00. The van der Waals surface area contributed by atoms with E-state index in [0.717, 1.165) is 6.26 Å². The minimum absolute atomic E-state index is 0.104. The van der Waals surface area contributed by atoms with Crippen LogP contribution in [0.4, 0.5) is 0 Å². The van der Waals surface area contributed by atoms with Crippen LogP contribution in [0.3, 0.4) is 0 Å². The van der Waals surface area contributed by atoms with Gasteiger partial charge in [-0.1, -0.05) is 0 Å². The van der Waals surface area contributed by atoms with Crippen LogP contribution < -0.4 is 0 Å².